The molecule has 69 heavy (non-hydrogen) atoms. The highest BCUT2D eigenvalue weighted by molar-refractivity contribution is 5.91. The number of ether oxygens (including phenoxy) is 5. The molecule has 0 bridgehead atoms. The van der Waals surface area contributed by atoms with E-state index in [1.165, 1.54) is 5.69 Å². The number of pyridine rings is 1. The third-order valence-electron chi connectivity index (χ3n) is 13.3. The molecule has 2 fully saturated rings. The summed E-state index contributed by atoms with van der Waals surface area (Å²) in [6.45, 7) is 9.91. The molecular formula is C54H63N5O10. The Bertz CT molecular complexity index is 3020. The number of benzene rings is 4. The summed E-state index contributed by atoms with van der Waals surface area (Å²) < 4.78 is 38.2. The van der Waals surface area contributed by atoms with Crippen LogP contribution in [-0.2, 0) is 12.8 Å². The van der Waals surface area contributed by atoms with Crippen molar-refractivity contribution in [2.24, 2.45) is 0 Å². The molecule has 4 aromatic carbocycles. The fourth-order valence-electron chi connectivity index (χ4n) is 9.40. The zero-order valence-corrected chi connectivity index (χ0v) is 40.3. The Kier molecular flexibility index (Phi) is 16.1. The van der Waals surface area contributed by atoms with Gasteiger partial charge in [0.1, 0.15) is 16.9 Å². The maximum Gasteiger partial charge on any atom is 0.248 e. The second kappa shape index (κ2) is 22.9. The molecule has 0 spiro atoms. The number of nitrogens with zero attached hydrogens (tertiary/aromatic N) is 4. The summed E-state index contributed by atoms with van der Waals surface area (Å²) in [5, 5.41) is 2.12. The summed E-state index contributed by atoms with van der Waals surface area (Å²) in [7, 11) is 7.96. The van der Waals surface area contributed by atoms with E-state index in [1.54, 1.807) is 78.4 Å². The minimum absolute atomic E-state index is 0.00243. The second-order valence-electron chi connectivity index (χ2n) is 17.4. The van der Waals surface area contributed by atoms with Gasteiger partial charge in [0.05, 0.1) is 70.1 Å². The third-order valence-corrected chi connectivity index (χ3v) is 13.3. The number of aryl methyl sites for hydroxylation is 2. The van der Waals surface area contributed by atoms with E-state index in [4.69, 9.17) is 32.5 Å². The number of unbranched alkanes of at least 4 members (excludes halogenated alkanes) is 2. The Morgan fingerprint density at radius 3 is 1.45 bits per heavy atom. The molecule has 7 aromatic rings. The fourth-order valence-corrected chi connectivity index (χ4v) is 9.40. The maximum atomic E-state index is 13.0. The molecule has 5 heterocycles. The van der Waals surface area contributed by atoms with E-state index in [0.29, 0.717) is 68.9 Å². The average Bonchev–Trinajstić information content (AvgIpc) is 3.39. The van der Waals surface area contributed by atoms with Crippen molar-refractivity contribution < 1.29 is 32.5 Å². The van der Waals surface area contributed by atoms with Crippen LogP contribution in [0, 0.1) is 0 Å². The topological polar surface area (TPSA) is 152 Å². The second-order valence-corrected chi connectivity index (χ2v) is 17.4. The SMILES string of the molecule is COc1cc2occ(CCCCN3CCN(c4cccc5[nH]c(=O)ccc45)CC3)c(=O)c2cc1OC.COc1cc2occ(CCCCN3CCN(c4ccccc4OC)CC3)c(=O)c2cc1OC. The van der Waals surface area contributed by atoms with E-state index >= 15 is 0 Å². The fraction of sp³-hybridized carbons (Fsp3) is 0.389. The summed E-state index contributed by atoms with van der Waals surface area (Å²) in [6.07, 6.45) is 8.46. The molecule has 0 radical (unpaired) electrons. The molecule has 0 aliphatic carbocycles. The molecule has 15 nitrogen and oxygen atoms in total. The number of rotatable bonds is 17. The van der Waals surface area contributed by atoms with Crippen LogP contribution in [-0.4, -0.2) is 116 Å². The lowest BCUT2D eigenvalue weighted by molar-refractivity contribution is 0.252. The van der Waals surface area contributed by atoms with Crippen molar-refractivity contribution in [2.75, 3.05) is 111 Å². The molecule has 3 aromatic heterocycles. The third kappa shape index (κ3) is 11.3. The van der Waals surface area contributed by atoms with Gasteiger partial charge in [-0.05, 0) is 94.1 Å². The van der Waals surface area contributed by atoms with Gasteiger partial charge in [-0.15, -0.1) is 0 Å². The van der Waals surface area contributed by atoms with Gasteiger partial charge in [-0.3, -0.25) is 24.2 Å². The molecule has 0 atom stereocenters. The monoisotopic (exact) mass is 941 g/mol. The van der Waals surface area contributed by atoms with Crippen LogP contribution < -0.4 is 49.9 Å². The normalized spacial score (nSPS) is 14.4. The lowest BCUT2D eigenvalue weighted by Gasteiger charge is -2.36. The van der Waals surface area contributed by atoms with Crippen LogP contribution in [0.2, 0.25) is 0 Å². The highest BCUT2D eigenvalue weighted by Crippen LogP contribution is 2.33. The summed E-state index contributed by atoms with van der Waals surface area (Å²) >= 11 is 0. The van der Waals surface area contributed by atoms with Crippen molar-refractivity contribution in [2.45, 2.75) is 38.5 Å². The van der Waals surface area contributed by atoms with E-state index in [9.17, 15) is 14.4 Å². The van der Waals surface area contributed by atoms with Crippen LogP contribution in [0.3, 0.4) is 0 Å². The number of aromatic nitrogens is 1. The van der Waals surface area contributed by atoms with Crippen LogP contribution >= 0.6 is 0 Å². The first-order valence-electron chi connectivity index (χ1n) is 23.7. The van der Waals surface area contributed by atoms with Gasteiger partial charge in [0.2, 0.25) is 5.56 Å². The number of piperazine rings is 2. The molecule has 1 N–H and O–H groups in total. The van der Waals surface area contributed by atoms with Gasteiger partial charge in [-0.25, -0.2) is 0 Å². The molecule has 2 aliphatic rings. The smallest absolute Gasteiger partial charge is 0.248 e. The number of para-hydroxylation sites is 2. The molecule has 0 saturated carbocycles. The predicted octanol–water partition coefficient (Wildman–Crippen LogP) is 7.76. The Morgan fingerprint density at radius 1 is 0.478 bits per heavy atom. The van der Waals surface area contributed by atoms with E-state index < -0.39 is 0 Å². The number of anilines is 2. The van der Waals surface area contributed by atoms with Gasteiger partial charge < -0.3 is 47.3 Å². The van der Waals surface area contributed by atoms with Crippen molar-refractivity contribution in [1.82, 2.24) is 14.8 Å². The lowest BCUT2D eigenvalue weighted by atomic mass is 10.1. The van der Waals surface area contributed by atoms with Crippen LogP contribution in [0.1, 0.15) is 36.8 Å². The van der Waals surface area contributed by atoms with Crippen molar-refractivity contribution >= 4 is 44.2 Å². The van der Waals surface area contributed by atoms with Crippen LogP contribution in [0.15, 0.2) is 115 Å². The zero-order chi connectivity index (χ0) is 48.3. The molecule has 2 saturated heterocycles. The van der Waals surface area contributed by atoms with Crippen molar-refractivity contribution in [3.8, 4) is 28.7 Å². The summed E-state index contributed by atoms with van der Waals surface area (Å²) in [5.74, 6) is 3.06. The summed E-state index contributed by atoms with van der Waals surface area (Å²) in [6, 6.07) is 24.5. The number of H-pyrrole nitrogens is 1. The molecule has 15 heteroatoms. The Morgan fingerprint density at radius 2 is 0.942 bits per heavy atom. The van der Waals surface area contributed by atoms with Gasteiger partial charge >= 0.3 is 0 Å². The number of hydrogen-bond acceptors (Lipinski definition) is 14. The van der Waals surface area contributed by atoms with Crippen LogP contribution in [0.25, 0.3) is 32.8 Å². The van der Waals surface area contributed by atoms with Crippen molar-refractivity contribution in [3.05, 3.63) is 133 Å². The Balaban J connectivity index is 0.000000187. The maximum absolute atomic E-state index is 13.0. The van der Waals surface area contributed by atoms with Gasteiger partial charge in [0.25, 0.3) is 0 Å². The standard InChI is InChI=1S/C28H31N3O5.C26H32N2O5/c1-34-25-16-21-24(17-26(25)35-2)36-18-19(28(21)33)6-3-4-11-30-12-14-31(15-13-30)23-8-5-7-22-20(23)9-10-27(32)29-22;1-30-22-10-5-4-9-21(22)28-14-12-27(13-15-28)11-7-6-8-19-18-33-23-17-25(32-3)24(31-2)16-20(23)26(19)29/h5,7-10,16-18H,3-4,6,11-15H2,1-2H3,(H,29,32);4-5,9-10,16-18H,6-8,11-15H2,1-3H3. The van der Waals surface area contributed by atoms with Gasteiger partial charge in [-0.2, -0.15) is 0 Å². The van der Waals surface area contributed by atoms with Crippen LogP contribution in [0.4, 0.5) is 11.4 Å². The number of fused-ring (bicyclic) bond motifs is 3. The minimum atomic E-state index is -0.0779. The first kappa shape index (κ1) is 48.5. The van der Waals surface area contributed by atoms with Crippen molar-refractivity contribution in [1.29, 1.82) is 0 Å². The van der Waals surface area contributed by atoms with Gasteiger partial charge in [-0.1, -0.05) is 18.2 Å². The Labute approximate surface area is 401 Å². The van der Waals surface area contributed by atoms with E-state index in [0.717, 1.165) is 113 Å². The molecule has 9 rings (SSSR count). The first-order valence-corrected chi connectivity index (χ1v) is 23.7. The van der Waals surface area contributed by atoms with Crippen LogP contribution in [0.5, 0.6) is 28.7 Å². The quantitative estimate of drug-likeness (QED) is 0.0886. The molecule has 0 amide bonds. The summed E-state index contributed by atoms with van der Waals surface area (Å²) in [4.78, 5) is 50.2. The minimum Gasteiger partial charge on any atom is -0.495 e. The largest absolute Gasteiger partial charge is 0.495 e. The number of methoxy groups -OCH3 is 5. The van der Waals surface area contributed by atoms with Crippen molar-refractivity contribution in [3.63, 3.8) is 0 Å². The first-order chi connectivity index (χ1) is 33.7. The molecule has 0 unspecified atom stereocenters. The number of aromatic amines is 1. The zero-order valence-electron chi connectivity index (χ0n) is 40.3. The highest BCUT2D eigenvalue weighted by Gasteiger charge is 2.21. The summed E-state index contributed by atoms with van der Waals surface area (Å²) in [5.41, 5.74) is 5.52. The van der Waals surface area contributed by atoms with E-state index in [-0.39, 0.29) is 16.4 Å². The lowest BCUT2D eigenvalue weighted by Crippen LogP contribution is -2.46. The number of nitrogens with one attached hydrogen (secondary N) is 1. The molecule has 364 valence electrons. The van der Waals surface area contributed by atoms with E-state index in [1.807, 2.05) is 30.3 Å². The van der Waals surface area contributed by atoms with Gasteiger partial charge in [0, 0.05) is 92.8 Å². The molecular weight excluding hydrogens is 879 g/mol. The van der Waals surface area contributed by atoms with E-state index in [2.05, 4.69) is 42.8 Å². The molecule has 2 aliphatic heterocycles. The number of hydrogen-bond donors (Lipinski definition) is 1. The Hall–Kier alpha value is -6.97. The average molecular weight is 942 g/mol. The van der Waals surface area contributed by atoms with Gasteiger partial charge in [0.15, 0.2) is 33.9 Å². The highest BCUT2D eigenvalue weighted by atomic mass is 16.5. The predicted molar refractivity (Wildman–Crippen MR) is 272 cm³/mol.